The van der Waals surface area contributed by atoms with E-state index in [0.29, 0.717) is 5.56 Å². The number of aromatic nitrogens is 2. The Balaban J connectivity index is 1.65. The Labute approximate surface area is 252 Å². The average Bonchev–Trinajstić information content (AvgIpc) is 3.24. The van der Waals surface area contributed by atoms with Gasteiger partial charge < -0.3 is 34.8 Å². The quantitative estimate of drug-likeness (QED) is 0.0619. The Kier molecular flexibility index (Phi) is 10.7. The number of ether oxygens (including phenoxy) is 2. The molecule has 2 unspecified atom stereocenters. The van der Waals surface area contributed by atoms with E-state index in [1.165, 1.54) is 12.3 Å². The summed E-state index contributed by atoms with van der Waals surface area (Å²) in [4.78, 5) is 38.8. The van der Waals surface area contributed by atoms with Crippen molar-refractivity contribution in [2.24, 2.45) is 5.11 Å². The normalized spacial score (nSPS) is 22.7. The Morgan fingerprint density at radius 1 is 1.20 bits per heavy atom. The van der Waals surface area contributed by atoms with Crippen LogP contribution in [0.4, 0.5) is 5.82 Å². The molecule has 0 spiro atoms. The molecular weight excluding hydrogens is 597 g/mol. The number of benzene rings is 2. The van der Waals surface area contributed by atoms with Crippen molar-refractivity contribution in [3.05, 3.63) is 99.4 Å². The standard InChI is InChI=1S/C27H32N7O9P/c1-17(2)41-25(37)20(15-18-9-5-3-6-10-18)34(43-19-11-7-4-8-12-19)44(39)40-16-27(31-32-29)23(36)22(35)24(42-27)33-14-13-21(28)30-26(33)38/h3-14,17,20,22-24,35-36,44H,15-16H2,1-2H3,(H2,28,30,38)/t20?,22-,23+,24-,27-/m1/s1. The molecule has 0 amide bonds. The van der Waals surface area contributed by atoms with Crippen molar-refractivity contribution in [1.82, 2.24) is 14.4 Å². The maximum Gasteiger partial charge on any atom is 0.351 e. The number of hydrogen-bond acceptors (Lipinski definition) is 12. The smallest absolute Gasteiger partial charge is 0.351 e. The fourth-order valence-corrected chi connectivity index (χ4v) is 5.47. The van der Waals surface area contributed by atoms with E-state index in [-0.39, 0.29) is 18.0 Å². The molecule has 2 heterocycles. The molecule has 44 heavy (non-hydrogen) atoms. The molecule has 1 aliphatic rings. The second kappa shape index (κ2) is 14.5. The zero-order chi connectivity index (χ0) is 31.9. The van der Waals surface area contributed by atoms with Crippen LogP contribution < -0.4 is 16.3 Å². The predicted molar refractivity (Wildman–Crippen MR) is 156 cm³/mol. The minimum absolute atomic E-state index is 0.00739. The molecule has 4 rings (SSSR count). The van der Waals surface area contributed by atoms with Gasteiger partial charge in [-0.05, 0) is 43.1 Å². The first-order valence-electron chi connectivity index (χ1n) is 13.4. The summed E-state index contributed by atoms with van der Waals surface area (Å²) in [5.41, 5.74) is 12.2. The van der Waals surface area contributed by atoms with Crippen molar-refractivity contribution in [3.8, 4) is 5.75 Å². The molecule has 1 aliphatic heterocycles. The highest BCUT2D eigenvalue weighted by Crippen LogP contribution is 2.42. The first-order chi connectivity index (χ1) is 21.0. The van der Waals surface area contributed by atoms with Gasteiger partial charge in [-0.2, -0.15) is 4.98 Å². The van der Waals surface area contributed by atoms with Gasteiger partial charge in [-0.1, -0.05) is 58.5 Å². The van der Waals surface area contributed by atoms with Crippen molar-refractivity contribution >= 4 is 20.0 Å². The van der Waals surface area contributed by atoms with Gasteiger partial charge in [-0.25, -0.2) is 4.79 Å². The second-order valence-corrected chi connectivity index (χ2v) is 11.3. The number of carbonyl (C=O) groups excluding carboxylic acids is 1. The van der Waals surface area contributed by atoms with E-state index in [1.807, 2.05) is 0 Å². The highest BCUT2D eigenvalue weighted by Gasteiger charge is 2.56. The summed E-state index contributed by atoms with van der Waals surface area (Å²) in [6.07, 6.45) is -4.67. The maximum absolute atomic E-state index is 13.8. The number of rotatable bonds is 13. The topological polar surface area (TPSA) is 224 Å². The van der Waals surface area contributed by atoms with Crippen molar-refractivity contribution in [3.63, 3.8) is 0 Å². The van der Waals surface area contributed by atoms with E-state index >= 15 is 0 Å². The van der Waals surface area contributed by atoms with Gasteiger partial charge in [-0.15, -0.1) is 0 Å². The Morgan fingerprint density at radius 3 is 2.48 bits per heavy atom. The van der Waals surface area contributed by atoms with Gasteiger partial charge in [-0.3, -0.25) is 13.9 Å². The molecule has 4 N–H and O–H groups in total. The largest absolute Gasteiger partial charge is 0.462 e. The molecule has 6 atom stereocenters. The first-order valence-corrected chi connectivity index (χ1v) is 14.7. The van der Waals surface area contributed by atoms with E-state index in [1.54, 1.807) is 74.5 Å². The third-order valence-electron chi connectivity index (χ3n) is 6.45. The lowest BCUT2D eigenvalue weighted by atomic mass is 10.1. The molecule has 3 aromatic rings. The number of aliphatic hydroxyl groups excluding tert-OH is 2. The third-order valence-corrected chi connectivity index (χ3v) is 7.60. The molecule has 0 radical (unpaired) electrons. The number of para-hydroxylation sites is 1. The van der Waals surface area contributed by atoms with Crippen molar-refractivity contribution < 1.29 is 38.4 Å². The van der Waals surface area contributed by atoms with Gasteiger partial charge in [0.2, 0.25) is 5.72 Å². The van der Waals surface area contributed by atoms with Crippen LogP contribution in [-0.4, -0.2) is 67.3 Å². The van der Waals surface area contributed by atoms with Gasteiger partial charge in [0, 0.05) is 17.5 Å². The average molecular weight is 630 g/mol. The molecule has 17 heteroatoms. The predicted octanol–water partition coefficient (Wildman–Crippen LogP) is 2.35. The third kappa shape index (κ3) is 7.62. The van der Waals surface area contributed by atoms with Crippen LogP contribution in [-0.2, 0) is 29.8 Å². The molecule has 0 aliphatic carbocycles. The van der Waals surface area contributed by atoms with Crippen LogP contribution in [0, 0.1) is 0 Å². The van der Waals surface area contributed by atoms with E-state index in [0.717, 1.165) is 9.40 Å². The summed E-state index contributed by atoms with van der Waals surface area (Å²) >= 11 is 0. The number of hydrogen-bond donors (Lipinski definition) is 3. The van der Waals surface area contributed by atoms with Gasteiger partial charge in [0.1, 0.15) is 23.8 Å². The number of esters is 1. The summed E-state index contributed by atoms with van der Waals surface area (Å²) < 4.78 is 31.4. The van der Waals surface area contributed by atoms with Crippen LogP contribution in [0.5, 0.6) is 5.75 Å². The molecule has 0 bridgehead atoms. The van der Waals surface area contributed by atoms with Gasteiger partial charge >= 0.3 is 11.7 Å². The minimum atomic E-state index is -3.59. The van der Waals surface area contributed by atoms with Crippen LogP contribution in [0.2, 0.25) is 0 Å². The summed E-state index contributed by atoms with van der Waals surface area (Å²) in [5.74, 6) is -0.631. The minimum Gasteiger partial charge on any atom is -0.462 e. The lowest BCUT2D eigenvalue weighted by Crippen LogP contribution is -2.46. The highest BCUT2D eigenvalue weighted by atomic mass is 31.1. The fourth-order valence-electron chi connectivity index (χ4n) is 4.38. The van der Waals surface area contributed by atoms with Gasteiger partial charge in [0.15, 0.2) is 12.3 Å². The SMILES string of the molecule is CC(C)OC(=O)C(Cc1ccccc1)N(Oc1ccccc1)[PH](=O)OC[C@@]1(N=[N+]=[N-])O[C@@H](n2ccc(N)nc2=O)[C@H](O)[C@@H]1O. The highest BCUT2D eigenvalue weighted by molar-refractivity contribution is 7.36. The molecule has 1 saturated heterocycles. The number of azide groups is 1. The summed E-state index contributed by atoms with van der Waals surface area (Å²) in [6, 6.07) is 17.1. The van der Waals surface area contributed by atoms with E-state index in [4.69, 9.17) is 24.6 Å². The summed E-state index contributed by atoms with van der Waals surface area (Å²) in [5, 5.41) is 25.2. The monoisotopic (exact) mass is 629 g/mol. The lowest BCUT2D eigenvalue weighted by Gasteiger charge is -2.31. The zero-order valence-corrected chi connectivity index (χ0v) is 24.7. The molecule has 2 aromatic carbocycles. The van der Waals surface area contributed by atoms with Gasteiger partial charge in [0.25, 0.3) is 8.18 Å². The van der Waals surface area contributed by atoms with Crippen molar-refractivity contribution in [1.29, 1.82) is 0 Å². The number of nitrogens with zero attached hydrogens (tertiary/aromatic N) is 6. The summed E-state index contributed by atoms with van der Waals surface area (Å²) in [6.45, 7) is 2.43. The number of hydroxylamine groups is 1. The van der Waals surface area contributed by atoms with Gasteiger partial charge in [0.05, 0.1) is 12.7 Å². The zero-order valence-electron chi connectivity index (χ0n) is 23.7. The molecule has 1 fully saturated rings. The fraction of sp³-hybridized carbons (Fsp3) is 0.370. The molecule has 1 aromatic heterocycles. The summed E-state index contributed by atoms with van der Waals surface area (Å²) in [7, 11) is -3.59. The van der Waals surface area contributed by atoms with Crippen LogP contribution in [0.25, 0.3) is 10.4 Å². The van der Waals surface area contributed by atoms with Crippen LogP contribution in [0.3, 0.4) is 0 Å². The Hall–Kier alpha value is -4.27. The van der Waals surface area contributed by atoms with E-state index in [9.17, 15) is 29.9 Å². The molecular formula is C27H32N7O9P. The second-order valence-electron chi connectivity index (χ2n) is 10.00. The van der Waals surface area contributed by atoms with Crippen LogP contribution >= 0.6 is 8.18 Å². The van der Waals surface area contributed by atoms with E-state index in [2.05, 4.69) is 15.0 Å². The van der Waals surface area contributed by atoms with Crippen LogP contribution in [0.15, 0.2) is 82.8 Å². The first kappa shape index (κ1) is 32.6. The number of nitrogen functional groups attached to an aromatic ring is 1. The molecule has 0 saturated carbocycles. The number of aliphatic hydroxyl groups is 2. The number of carbonyl (C=O) groups is 1. The number of nitrogens with two attached hydrogens (primary N) is 1. The van der Waals surface area contributed by atoms with Crippen molar-refractivity contribution in [2.45, 2.75) is 56.6 Å². The lowest BCUT2D eigenvalue weighted by molar-refractivity contribution is -0.160. The van der Waals surface area contributed by atoms with Crippen molar-refractivity contribution in [2.75, 3.05) is 12.3 Å². The maximum atomic E-state index is 13.8. The van der Waals surface area contributed by atoms with E-state index < -0.39 is 62.8 Å². The van der Waals surface area contributed by atoms with Crippen LogP contribution in [0.1, 0.15) is 25.6 Å². The molecule has 234 valence electrons. The number of anilines is 1. The Morgan fingerprint density at radius 2 is 1.86 bits per heavy atom. The molecule has 16 nitrogen and oxygen atoms in total. The Bertz CT molecular complexity index is 1560.